The predicted molar refractivity (Wildman–Crippen MR) is 76.1 cm³/mol. The molecule has 3 rings (SSSR count). The van der Waals surface area contributed by atoms with Gasteiger partial charge in [-0.25, -0.2) is 14.8 Å². The van der Waals surface area contributed by atoms with E-state index in [9.17, 15) is 9.59 Å². The molecule has 1 aliphatic heterocycles. The van der Waals surface area contributed by atoms with Gasteiger partial charge >= 0.3 is 5.69 Å². The van der Waals surface area contributed by atoms with Gasteiger partial charge in [-0.1, -0.05) is 0 Å². The molecule has 0 unspecified atom stereocenters. The van der Waals surface area contributed by atoms with Gasteiger partial charge in [-0.3, -0.25) is 13.9 Å². The van der Waals surface area contributed by atoms with Gasteiger partial charge in [0, 0.05) is 27.2 Å². The predicted octanol–water partition coefficient (Wildman–Crippen LogP) is 0.0175. The van der Waals surface area contributed by atoms with Gasteiger partial charge in [0.1, 0.15) is 5.82 Å². The number of nitrogens with zero attached hydrogens (tertiary/aromatic N) is 5. The number of hydrogen-bond acceptors (Lipinski definition) is 5. The van der Waals surface area contributed by atoms with Gasteiger partial charge in [-0.2, -0.15) is 0 Å². The van der Waals surface area contributed by atoms with E-state index in [-0.39, 0.29) is 11.2 Å². The highest BCUT2D eigenvalue weighted by Crippen LogP contribution is 2.17. The molecule has 0 spiro atoms. The Bertz CT molecular complexity index is 771. The molecule has 20 heavy (non-hydrogen) atoms. The van der Waals surface area contributed by atoms with E-state index in [4.69, 9.17) is 0 Å². The van der Waals surface area contributed by atoms with Gasteiger partial charge < -0.3 is 4.90 Å². The molecule has 106 valence electrons. The Morgan fingerprint density at radius 3 is 2.45 bits per heavy atom. The first-order valence-electron chi connectivity index (χ1n) is 6.77. The molecule has 0 aromatic carbocycles. The SMILES string of the molecule is Cn1c(=O)c2ncc(N3CCCCC3)nc2n(C)c1=O. The summed E-state index contributed by atoms with van der Waals surface area (Å²) in [6.07, 6.45) is 5.13. The lowest BCUT2D eigenvalue weighted by Gasteiger charge is -2.27. The molecule has 0 saturated carbocycles. The lowest BCUT2D eigenvalue weighted by Crippen LogP contribution is -2.38. The van der Waals surface area contributed by atoms with Gasteiger partial charge in [0.2, 0.25) is 0 Å². The average Bonchev–Trinajstić information content (AvgIpc) is 2.51. The zero-order valence-electron chi connectivity index (χ0n) is 11.7. The van der Waals surface area contributed by atoms with Crippen LogP contribution in [-0.2, 0) is 14.1 Å². The standard InChI is InChI=1S/C13H17N5O2/c1-16-11-10(12(19)17(2)13(16)20)14-8-9(15-11)18-6-4-3-5-7-18/h8H,3-7H2,1-2H3. The fourth-order valence-corrected chi connectivity index (χ4v) is 2.59. The van der Waals surface area contributed by atoms with E-state index in [1.165, 1.54) is 18.0 Å². The summed E-state index contributed by atoms with van der Waals surface area (Å²) in [4.78, 5) is 34.8. The van der Waals surface area contributed by atoms with Crippen molar-refractivity contribution in [3.05, 3.63) is 27.0 Å². The largest absolute Gasteiger partial charge is 0.355 e. The Kier molecular flexibility index (Phi) is 3.04. The number of piperidine rings is 1. The van der Waals surface area contributed by atoms with E-state index in [0.29, 0.717) is 5.65 Å². The third-order valence-corrected chi connectivity index (χ3v) is 3.82. The Hall–Kier alpha value is -2.18. The first kappa shape index (κ1) is 12.8. The van der Waals surface area contributed by atoms with Crippen molar-refractivity contribution in [3.63, 3.8) is 0 Å². The summed E-state index contributed by atoms with van der Waals surface area (Å²) < 4.78 is 2.43. The van der Waals surface area contributed by atoms with Gasteiger partial charge in [-0.15, -0.1) is 0 Å². The Balaban J connectivity index is 2.20. The van der Waals surface area contributed by atoms with Gasteiger partial charge in [0.05, 0.1) is 6.20 Å². The zero-order valence-corrected chi connectivity index (χ0v) is 11.7. The van der Waals surface area contributed by atoms with Crippen molar-refractivity contribution in [2.24, 2.45) is 14.1 Å². The van der Waals surface area contributed by atoms with Crippen LogP contribution in [0.5, 0.6) is 0 Å². The molecule has 2 aromatic rings. The van der Waals surface area contributed by atoms with Crippen molar-refractivity contribution in [1.82, 2.24) is 19.1 Å². The quantitative estimate of drug-likeness (QED) is 0.733. The summed E-state index contributed by atoms with van der Waals surface area (Å²) in [5.41, 5.74) is -0.204. The van der Waals surface area contributed by atoms with Gasteiger partial charge in [0.25, 0.3) is 5.56 Å². The molecule has 1 aliphatic rings. The van der Waals surface area contributed by atoms with E-state index >= 15 is 0 Å². The fourth-order valence-electron chi connectivity index (χ4n) is 2.59. The summed E-state index contributed by atoms with van der Waals surface area (Å²) in [6.45, 7) is 1.89. The Morgan fingerprint density at radius 1 is 1.05 bits per heavy atom. The molecule has 0 bridgehead atoms. The van der Waals surface area contributed by atoms with Crippen molar-refractivity contribution >= 4 is 17.0 Å². The molecule has 0 atom stereocenters. The minimum absolute atomic E-state index is 0.232. The normalized spacial score (nSPS) is 15.8. The molecule has 3 heterocycles. The minimum atomic E-state index is -0.402. The van der Waals surface area contributed by atoms with E-state index in [1.807, 2.05) is 0 Å². The molecular formula is C13H17N5O2. The van der Waals surface area contributed by atoms with Crippen LogP contribution in [0.3, 0.4) is 0 Å². The van der Waals surface area contributed by atoms with Crippen LogP contribution in [0.15, 0.2) is 15.8 Å². The van der Waals surface area contributed by atoms with Crippen LogP contribution in [-0.4, -0.2) is 32.2 Å². The summed E-state index contributed by atoms with van der Waals surface area (Å²) in [6, 6.07) is 0. The van der Waals surface area contributed by atoms with Crippen LogP contribution in [0.4, 0.5) is 5.82 Å². The van der Waals surface area contributed by atoms with Crippen LogP contribution >= 0.6 is 0 Å². The molecule has 7 nitrogen and oxygen atoms in total. The topological polar surface area (TPSA) is 73.0 Å². The molecular weight excluding hydrogens is 258 g/mol. The van der Waals surface area contributed by atoms with E-state index < -0.39 is 5.56 Å². The maximum atomic E-state index is 12.0. The number of hydrogen-bond donors (Lipinski definition) is 0. The van der Waals surface area contributed by atoms with E-state index in [2.05, 4.69) is 14.9 Å². The highest BCUT2D eigenvalue weighted by atomic mass is 16.2. The minimum Gasteiger partial charge on any atom is -0.355 e. The number of fused-ring (bicyclic) bond motifs is 1. The third-order valence-electron chi connectivity index (χ3n) is 3.82. The summed E-state index contributed by atoms with van der Waals surface area (Å²) in [5, 5.41) is 0. The maximum Gasteiger partial charge on any atom is 0.332 e. The molecule has 2 aromatic heterocycles. The molecule has 0 aliphatic carbocycles. The van der Waals surface area contributed by atoms with E-state index in [0.717, 1.165) is 36.3 Å². The highest BCUT2D eigenvalue weighted by Gasteiger charge is 2.16. The second kappa shape index (κ2) is 4.73. The molecule has 0 N–H and O–H groups in total. The molecule has 0 amide bonds. The summed E-state index contributed by atoms with van der Waals surface area (Å²) >= 11 is 0. The zero-order chi connectivity index (χ0) is 14.3. The van der Waals surface area contributed by atoms with Crippen molar-refractivity contribution in [2.45, 2.75) is 19.3 Å². The smallest absolute Gasteiger partial charge is 0.332 e. The highest BCUT2D eigenvalue weighted by molar-refractivity contribution is 5.70. The average molecular weight is 275 g/mol. The molecule has 1 saturated heterocycles. The first-order chi connectivity index (χ1) is 9.59. The second-order valence-electron chi connectivity index (χ2n) is 5.15. The third kappa shape index (κ3) is 1.90. The van der Waals surface area contributed by atoms with E-state index in [1.54, 1.807) is 13.2 Å². The van der Waals surface area contributed by atoms with Gasteiger partial charge in [0.15, 0.2) is 11.2 Å². The monoisotopic (exact) mass is 275 g/mol. The van der Waals surface area contributed by atoms with Gasteiger partial charge in [-0.05, 0) is 19.3 Å². The number of aryl methyl sites for hydroxylation is 1. The second-order valence-corrected chi connectivity index (χ2v) is 5.15. The van der Waals surface area contributed by atoms with Crippen LogP contribution < -0.4 is 16.1 Å². The number of anilines is 1. The molecule has 1 fully saturated rings. The summed E-state index contributed by atoms with van der Waals surface area (Å²) in [5.74, 6) is 0.737. The number of aromatic nitrogens is 4. The van der Waals surface area contributed by atoms with Crippen LogP contribution in [0.2, 0.25) is 0 Å². The number of rotatable bonds is 1. The van der Waals surface area contributed by atoms with Crippen LogP contribution in [0.25, 0.3) is 11.2 Å². The van der Waals surface area contributed by atoms with Crippen molar-refractivity contribution in [1.29, 1.82) is 0 Å². The Morgan fingerprint density at radius 2 is 1.75 bits per heavy atom. The maximum absolute atomic E-state index is 12.0. The van der Waals surface area contributed by atoms with Crippen LogP contribution in [0, 0.1) is 0 Å². The Labute approximate surface area is 115 Å². The lowest BCUT2D eigenvalue weighted by atomic mass is 10.1. The van der Waals surface area contributed by atoms with Crippen LogP contribution in [0.1, 0.15) is 19.3 Å². The van der Waals surface area contributed by atoms with Crippen molar-refractivity contribution in [2.75, 3.05) is 18.0 Å². The molecule has 7 heteroatoms. The fraction of sp³-hybridized carbons (Fsp3) is 0.538. The summed E-state index contributed by atoms with van der Waals surface area (Å²) in [7, 11) is 3.06. The first-order valence-corrected chi connectivity index (χ1v) is 6.77. The van der Waals surface area contributed by atoms with Crippen molar-refractivity contribution in [3.8, 4) is 0 Å². The lowest BCUT2D eigenvalue weighted by molar-refractivity contribution is 0.572. The van der Waals surface area contributed by atoms with Crippen molar-refractivity contribution < 1.29 is 0 Å². The molecule has 0 radical (unpaired) electrons.